The highest BCUT2D eigenvalue weighted by Crippen LogP contribution is 2.18. The highest BCUT2D eigenvalue weighted by molar-refractivity contribution is 4.75. The molecule has 0 radical (unpaired) electrons. The first kappa shape index (κ1) is 15.2. The molecule has 1 aliphatic carbocycles. The predicted octanol–water partition coefficient (Wildman–Crippen LogP) is 1.45. The number of ether oxygens (including phenoxy) is 1. The summed E-state index contributed by atoms with van der Waals surface area (Å²) in [6.45, 7) is 7.66. The van der Waals surface area contributed by atoms with Crippen molar-refractivity contribution < 1.29 is 9.57 Å². The van der Waals surface area contributed by atoms with Crippen molar-refractivity contribution in [3.05, 3.63) is 0 Å². The van der Waals surface area contributed by atoms with E-state index in [2.05, 4.69) is 29.5 Å². The maximum atomic E-state index is 5.86. The fraction of sp³-hybridized carbons (Fsp3) is 1.00. The van der Waals surface area contributed by atoms with E-state index in [1.54, 1.807) is 0 Å². The van der Waals surface area contributed by atoms with E-state index in [0.717, 1.165) is 26.3 Å². The fourth-order valence-corrected chi connectivity index (χ4v) is 2.70. The Kier molecular flexibility index (Phi) is 6.53. The van der Waals surface area contributed by atoms with E-state index in [1.165, 1.54) is 32.1 Å². The Morgan fingerprint density at radius 2 is 1.79 bits per heavy atom. The zero-order valence-electron chi connectivity index (χ0n) is 12.4. The number of rotatable bonds is 6. The van der Waals surface area contributed by atoms with Crippen LogP contribution in [0.15, 0.2) is 0 Å². The van der Waals surface area contributed by atoms with Crippen molar-refractivity contribution in [1.82, 2.24) is 15.7 Å². The quantitative estimate of drug-likeness (QED) is 0.565. The molecule has 1 atom stereocenters. The van der Waals surface area contributed by atoms with Crippen molar-refractivity contribution in [1.29, 1.82) is 0 Å². The maximum absolute atomic E-state index is 5.86. The van der Waals surface area contributed by atoms with Gasteiger partial charge < -0.3 is 4.74 Å². The molecule has 2 rings (SSSR count). The molecule has 2 fully saturated rings. The number of nitrogens with zero attached hydrogens (tertiary/aromatic N) is 1. The SMILES string of the molecule is CC(C)NOC(NC1CCCCC1)N1CCOCC1. The van der Waals surface area contributed by atoms with Crippen molar-refractivity contribution in [2.75, 3.05) is 26.3 Å². The van der Waals surface area contributed by atoms with Gasteiger partial charge in [-0.15, -0.1) is 0 Å². The molecule has 0 bridgehead atoms. The molecule has 1 unspecified atom stereocenters. The minimum absolute atomic E-state index is 0.0330. The van der Waals surface area contributed by atoms with Crippen LogP contribution in [-0.2, 0) is 9.57 Å². The summed E-state index contributed by atoms with van der Waals surface area (Å²) in [5.74, 6) is 0. The molecule has 0 amide bonds. The lowest BCUT2D eigenvalue weighted by Gasteiger charge is -2.37. The molecule has 1 aliphatic heterocycles. The molecule has 19 heavy (non-hydrogen) atoms. The Morgan fingerprint density at radius 3 is 2.42 bits per heavy atom. The Morgan fingerprint density at radius 1 is 1.11 bits per heavy atom. The third kappa shape index (κ3) is 5.36. The Labute approximate surface area is 117 Å². The van der Waals surface area contributed by atoms with Crippen molar-refractivity contribution in [3.8, 4) is 0 Å². The molecule has 112 valence electrons. The van der Waals surface area contributed by atoms with E-state index >= 15 is 0 Å². The summed E-state index contributed by atoms with van der Waals surface area (Å²) in [4.78, 5) is 8.18. The van der Waals surface area contributed by atoms with Crippen LogP contribution >= 0.6 is 0 Å². The zero-order valence-corrected chi connectivity index (χ0v) is 12.4. The highest BCUT2D eigenvalue weighted by Gasteiger charge is 2.25. The summed E-state index contributed by atoms with van der Waals surface area (Å²) in [7, 11) is 0. The average molecular weight is 271 g/mol. The first-order valence-corrected chi connectivity index (χ1v) is 7.75. The third-order valence-electron chi connectivity index (χ3n) is 3.78. The van der Waals surface area contributed by atoms with Crippen molar-refractivity contribution in [3.63, 3.8) is 0 Å². The molecular weight excluding hydrogens is 242 g/mol. The molecule has 0 aromatic carbocycles. The van der Waals surface area contributed by atoms with Crippen LogP contribution in [0.1, 0.15) is 46.0 Å². The van der Waals surface area contributed by atoms with Gasteiger partial charge in [-0.1, -0.05) is 19.3 Å². The number of hydroxylamine groups is 1. The van der Waals surface area contributed by atoms with Gasteiger partial charge in [0.2, 0.25) is 0 Å². The van der Waals surface area contributed by atoms with Gasteiger partial charge >= 0.3 is 0 Å². The monoisotopic (exact) mass is 271 g/mol. The Balaban J connectivity index is 1.84. The van der Waals surface area contributed by atoms with E-state index in [1.807, 2.05) is 0 Å². The normalized spacial score (nSPS) is 24.8. The first-order valence-electron chi connectivity index (χ1n) is 7.75. The van der Waals surface area contributed by atoms with Crippen LogP contribution in [-0.4, -0.2) is 49.6 Å². The van der Waals surface area contributed by atoms with Crippen LogP contribution in [0.3, 0.4) is 0 Å². The molecule has 2 N–H and O–H groups in total. The Bertz CT molecular complexity index is 239. The summed E-state index contributed by atoms with van der Waals surface area (Å²) in [5, 5.41) is 3.67. The van der Waals surface area contributed by atoms with E-state index in [4.69, 9.17) is 9.57 Å². The molecule has 0 aromatic rings. The van der Waals surface area contributed by atoms with E-state index in [-0.39, 0.29) is 6.35 Å². The fourth-order valence-electron chi connectivity index (χ4n) is 2.70. The molecule has 2 aliphatic rings. The zero-order chi connectivity index (χ0) is 13.5. The highest BCUT2D eigenvalue weighted by atomic mass is 16.7. The second-order valence-corrected chi connectivity index (χ2v) is 5.89. The van der Waals surface area contributed by atoms with Gasteiger partial charge in [-0.25, -0.2) is 0 Å². The summed E-state index contributed by atoms with van der Waals surface area (Å²) >= 11 is 0. The summed E-state index contributed by atoms with van der Waals surface area (Å²) in [6, 6.07) is 0.923. The molecule has 1 saturated heterocycles. The lowest BCUT2D eigenvalue weighted by molar-refractivity contribution is -0.160. The van der Waals surface area contributed by atoms with E-state index in [0.29, 0.717) is 12.1 Å². The lowest BCUT2D eigenvalue weighted by Crippen LogP contribution is -2.57. The van der Waals surface area contributed by atoms with Gasteiger partial charge in [-0.3, -0.25) is 15.1 Å². The van der Waals surface area contributed by atoms with Crippen molar-refractivity contribution >= 4 is 0 Å². The van der Waals surface area contributed by atoms with Crippen LogP contribution in [0.25, 0.3) is 0 Å². The number of hydrogen-bond acceptors (Lipinski definition) is 5. The predicted molar refractivity (Wildman–Crippen MR) is 75.5 cm³/mol. The van der Waals surface area contributed by atoms with E-state index in [9.17, 15) is 0 Å². The minimum Gasteiger partial charge on any atom is -0.379 e. The van der Waals surface area contributed by atoms with Crippen LogP contribution in [0.4, 0.5) is 0 Å². The summed E-state index contributed by atoms with van der Waals surface area (Å²) < 4.78 is 5.42. The third-order valence-corrected chi connectivity index (χ3v) is 3.78. The number of hydrogen-bond donors (Lipinski definition) is 2. The first-order chi connectivity index (χ1) is 9.25. The van der Waals surface area contributed by atoms with Crippen molar-refractivity contribution in [2.45, 2.75) is 64.4 Å². The van der Waals surface area contributed by atoms with Crippen LogP contribution in [0.2, 0.25) is 0 Å². The number of nitrogens with one attached hydrogen (secondary N) is 2. The van der Waals surface area contributed by atoms with Crippen LogP contribution < -0.4 is 10.8 Å². The van der Waals surface area contributed by atoms with Gasteiger partial charge in [0.1, 0.15) is 0 Å². The van der Waals surface area contributed by atoms with Crippen LogP contribution in [0.5, 0.6) is 0 Å². The maximum Gasteiger partial charge on any atom is 0.186 e. The number of morpholine rings is 1. The molecule has 0 spiro atoms. The molecular formula is C14H29N3O2. The molecule has 1 heterocycles. The van der Waals surface area contributed by atoms with Crippen molar-refractivity contribution in [2.24, 2.45) is 0 Å². The topological polar surface area (TPSA) is 45.8 Å². The standard InChI is InChI=1S/C14H29N3O2/c1-12(2)16-19-14(17-8-10-18-11-9-17)15-13-6-4-3-5-7-13/h12-16H,3-11H2,1-2H3. The molecule has 5 heteroatoms. The van der Waals surface area contributed by atoms with Gasteiger partial charge in [0.05, 0.1) is 13.2 Å². The second kappa shape index (κ2) is 8.17. The van der Waals surface area contributed by atoms with Crippen LogP contribution in [0, 0.1) is 0 Å². The van der Waals surface area contributed by atoms with Gasteiger partial charge in [-0.2, -0.15) is 5.48 Å². The molecule has 0 aromatic heterocycles. The second-order valence-electron chi connectivity index (χ2n) is 5.89. The van der Waals surface area contributed by atoms with Gasteiger partial charge in [0, 0.05) is 25.2 Å². The Hall–Kier alpha value is -0.200. The largest absolute Gasteiger partial charge is 0.379 e. The summed E-state index contributed by atoms with van der Waals surface area (Å²) in [5.41, 5.74) is 3.09. The van der Waals surface area contributed by atoms with Gasteiger partial charge in [0.15, 0.2) is 6.35 Å². The summed E-state index contributed by atoms with van der Waals surface area (Å²) in [6.07, 6.45) is 6.56. The van der Waals surface area contributed by atoms with E-state index < -0.39 is 0 Å². The molecule has 1 saturated carbocycles. The smallest absolute Gasteiger partial charge is 0.186 e. The van der Waals surface area contributed by atoms with Gasteiger partial charge in [-0.05, 0) is 26.7 Å². The lowest BCUT2D eigenvalue weighted by atomic mass is 9.96. The van der Waals surface area contributed by atoms with Gasteiger partial charge in [0.25, 0.3) is 0 Å². The minimum atomic E-state index is -0.0330. The average Bonchev–Trinajstić information content (AvgIpc) is 2.45. The molecule has 5 nitrogen and oxygen atoms in total.